The van der Waals surface area contributed by atoms with Crippen LogP contribution in [-0.4, -0.2) is 48.1 Å². The third kappa shape index (κ3) is 8.16. The van der Waals surface area contributed by atoms with Crippen molar-refractivity contribution in [1.29, 1.82) is 0 Å². The molecule has 0 spiro atoms. The molecule has 0 amide bonds. The Hall–Kier alpha value is -2.00. The number of benzene rings is 2. The third-order valence-corrected chi connectivity index (χ3v) is 5.92. The van der Waals surface area contributed by atoms with Crippen LogP contribution < -0.4 is 11.5 Å². The first-order valence-corrected chi connectivity index (χ1v) is 11.1. The zero-order valence-corrected chi connectivity index (χ0v) is 18.3. The van der Waals surface area contributed by atoms with E-state index >= 15 is 0 Å². The first kappa shape index (κ1) is 24.6. The van der Waals surface area contributed by atoms with Gasteiger partial charge in [-0.1, -0.05) is 0 Å². The maximum absolute atomic E-state index is 13.0. The van der Waals surface area contributed by atoms with Crippen molar-refractivity contribution in [3.63, 3.8) is 0 Å². The fraction of sp³-hybridized carbons (Fsp3) is 0.500. The molecule has 0 radical (unpaired) electrons. The highest BCUT2D eigenvalue weighted by molar-refractivity contribution is 5.18. The van der Waals surface area contributed by atoms with Gasteiger partial charge in [0.05, 0.1) is 0 Å². The second-order valence-corrected chi connectivity index (χ2v) is 8.78. The van der Waals surface area contributed by atoms with Gasteiger partial charge in [0.25, 0.3) is 0 Å². The van der Waals surface area contributed by atoms with Crippen LogP contribution in [0.2, 0.25) is 0 Å². The molecule has 2 aromatic rings. The van der Waals surface area contributed by atoms with Crippen LogP contribution in [0, 0.1) is 23.3 Å². The van der Waals surface area contributed by atoms with E-state index in [2.05, 4.69) is 9.80 Å². The number of nitrogens with zero attached hydrogens (tertiary/aromatic N) is 2. The Morgan fingerprint density at radius 1 is 0.562 bits per heavy atom. The number of hydrogen-bond acceptors (Lipinski definition) is 4. The molecule has 0 bridgehead atoms. The van der Waals surface area contributed by atoms with E-state index in [-0.39, 0.29) is 12.1 Å². The van der Waals surface area contributed by atoms with Crippen LogP contribution >= 0.6 is 0 Å². The fourth-order valence-electron chi connectivity index (χ4n) is 4.14. The second-order valence-electron chi connectivity index (χ2n) is 8.78. The second kappa shape index (κ2) is 11.7. The highest BCUT2D eigenvalue weighted by Crippen LogP contribution is 2.16. The molecule has 4 nitrogen and oxygen atoms in total. The minimum atomic E-state index is -0.510. The van der Waals surface area contributed by atoms with E-state index in [0.29, 0.717) is 24.2 Å². The Kier molecular flexibility index (Phi) is 9.04. The van der Waals surface area contributed by atoms with E-state index in [1.165, 1.54) is 24.3 Å². The van der Waals surface area contributed by atoms with Gasteiger partial charge < -0.3 is 11.5 Å². The smallest absolute Gasteiger partial charge is 0.126 e. The highest BCUT2D eigenvalue weighted by Gasteiger charge is 2.17. The van der Waals surface area contributed by atoms with Gasteiger partial charge in [-0.05, 0) is 87.3 Å². The number of piperidine rings is 2. The van der Waals surface area contributed by atoms with E-state index < -0.39 is 23.3 Å². The summed E-state index contributed by atoms with van der Waals surface area (Å²) in [5.41, 5.74) is 13.0. The number of rotatable bonds is 4. The monoisotopic (exact) mass is 452 g/mol. The van der Waals surface area contributed by atoms with Gasteiger partial charge in [0.15, 0.2) is 0 Å². The van der Waals surface area contributed by atoms with Gasteiger partial charge in [-0.25, -0.2) is 17.6 Å². The van der Waals surface area contributed by atoms with Crippen LogP contribution in [0.25, 0.3) is 0 Å². The molecule has 176 valence electrons. The molecule has 2 aliphatic rings. The van der Waals surface area contributed by atoms with Gasteiger partial charge in [0.1, 0.15) is 23.3 Å². The summed E-state index contributed by atoms with van der Waals surface area (Å²) in [4.78, 5) is 4.36. The molecule has 0 aromatic heterocycles. The Balaban J connectivity index is 0.000000181. The molecule has 2 aromatic carbocycles. The summed E-state index contributed by atoms with van der Waals surface area (Å²) < 4.78 is 51.9. The van der Waals surface area contributed by atoms with E-state index in [9.17, 15) is 17.6 Å². The zero-order chi connectivity index (χ0) is 23.1. The van der Waals surface area contributed by atoms with Crippen molar-refractivity contribution in [1.82, 2.24) is 9.80 Å². The summed E-state index contributed by atoms with van der Waals surface area (Å²) in [7, 11) is 0. The summed E-state index contributed by atoms with van der Waals surface area (Å²) in [6.45, 7) is 4.81. The van der Waals surface area contributed by atoms with Gasteiger partial charge in [-0.3, -0.25) is 9.80 Å². The number of halogens is 4. The summed E-state index contributed by atoms with van der Waals surface area (Å²) >= 11 is 0. The SMILES string of the molecule is NC1CCN(Cc2cc(F)cc(F)c2)CC1.NC1CCN(Cc2cc(F)cc(F)c2)CC1. The molecule has 2 fully saturated rings. The maximum Gasteiger partial charge on any atom is 0.126 e. The topological polar surface area (TPSA) is 58.5 Å². The molecule has 4 N–H and O–H groups in total. The van der Waals surface area contributed by atoms with Gasteiger partial charge in [-0.15, -0.1) is 0 Å². The molecular weight excluding hydrogens is 420 g/mol. The molecule has 2 heterocycles. The molecular formula is C24H32F4N4. The maximum atomic E-state index is 13.0. The van der Waals surface area contributed by atoms with Crippen LogP contribution in [0.3, 0.4) is 0 Å². The van der Waals surface area contributed by atoms with Crippen molar-refractivity contribution in [2.24, 2.45) is 11.5 Å². The van der Waals surface area contributed by atoms with Crippen molar-refractivity contribution < 1.29 is 17.6 Å². The third-order valence-electron chi connectivity index (χ3n) is 5.92. The lowest BCUT2D eigenvalue weighted by molar-refractivity contribution is 0.205. The molecule has 0 saturated carbocycles. The molecule has 4 rings (SSSR count). The lowest BCUT2D eigenvalue weighted by Gasteiger charge is -2.30. The average molecular weight is 453 g/mol. The Labute approximate surface area is 187 Å². The molecule has 0 unspecified atom stereocenters. The zero-order valence-electron chi connectivity index (χ0n) is 18.3. The van der Waals surface area contributed by atoms with Crippen LogP contribution in [0.4, 0.5) is 17.6 Å². The van der Waals surface area contributed by atoms with Crippen molar-refractivity contribution >= 4 is 0 Å². The molecule has 2 aliphatic heterocycles. The minimum absolute atomic E-state index is 0.278. The molecule has 8 heteroatoms. The largest absolute Gasteiger partial charge is 0.328 e. The quantitative estimate of drug-likeness (QED) is 0.694. The van der Waals surface area contributed by atoms with Crippen molar-refractivity contribution in [3.05, 3.63) is 70.8 Å². The first-order chi connectivity index (χ1) is 15.3. The van der Waals surface area contributed by atoms with Gasteiger partial charge >= 0.3 is 0 Å². The van der Waals surface area contributed by atoms with Crippen LogP contribution in [0.1, 0.15) is 36.8 Å². The van der Waals surface area contributed by atoms with Crippen LogP contribution in [0.5, 0.6) is 0 Å². The van der Waals surface area contributed by atoms with Gasteiger partial charge in [-0.2, -0.15) is 0 Å². The summed E-state index contributed by atoms with van der Waals surface area (Å²) in [6.07, 6.45) is 3.82. The van der Waals surface area contributed by atoms with Crippen molar-refractivity contribution in [2.75, 3.05) is 26.2 Å². The standard InChI is InChI=1S/2C12H16F2N2/c2*13-10-5-9(6-11(14)7-10)8-16-3-1-12(15)2-4-16/h2*5-7,12H,1-4,8,15H2. The van der Waals surface area contributed by atoms with Crippen molar-refractivity contribution in [2.45, 2.75) is 50.9 Å². The van der Waals surface area contributed by atoms with Gasteiger partial charge in [0.2, 0.25) is 0 Å². The number of nitrogens with two attached hydrogens (primary N) is 2. The minimum Gasteiger partial charge on any atom is -0.328 e. The van der Waals surface area contributed by atoms with Crippen molar-refractivity contribution in [3.8, 4) is 0 Å². The number of likely N-dealkylation sites (tertiary alicyclic amines) is 2. The predicted molar refractivity (Wildman–Crippen MR) is 118 cm³/mol. The average Bonchev–Trinajstić information content (AvgIpc) is 2.71. The Morgan fingerprint density at radius 3 is 1.12 bits per heavy atom. The van der Waals surface area contributed by atoms with E-state index in [4.69, 9.17) is 11.5 Å². The van der Waals surface area contributed by atoms with E-state index in [1.807, 2.05) is 0 Å². The summed E-state index contributed by atoms with van der Waals surface area (Å²) in [5.74, 6) is -2.04. The fourth-order valence-corrected chi connectivity index (χ4v) is 4.14. The lowest BCUT2D eigenvalue weighted by Crippen LogP contribution is -2.39. The number of hydrogen-bond donors (Lipinski definition) is 2. The summed E-state index contributed by atoms with van der Waals surface area (Å²) in [6, 6.07) is 7.90. The molecule has 0 atom stereocenters. The Bertz CT molecular complexity index is 751. The predicted octanol–water partition coefficient (Wildman–Crippen LogP) is 3.78. The summed E-state index contributed by atoms with van der Waals surface area (Å²) in [5, 5.41) is 0. The molecule has 2 saturated heterocycles. The van der Waals surface area contributed by atoms with Crippen LogP contribution in [-0.2, 0) is 13.1 Å². The van der Waals surface area contributed by atoms with E-state index in [0.717, 1.165) is 64.0 Å². The molecule has 32 heavy (non-hydrogen) atoms. The van der Waals surface area contributed by atoms with Gasteiger partial charge in [0, 0.05) is 37.3 Å². The highest BCUT2D eigenvalue weighted by atomic mass is 19.1. The van der Waals surface area contributed by atoms with Crippen LogP contribution in [0.15, 0.2) is 36.4 Å². The lowest BCUT2D eigenvalue weighted by atomic mass is 10.1. The first-order valence-electron chi connectivity index (χ1n) is 11.1. The molecule has 0 aliphatic carbocycles. The van der Waals surface area contributed by atoms with E-state index in [1.54, 1.807) is 0 Å². The normalized spacial score (nSPS) is 18.9. The Morgan fingerprint density at radius 2 is 0.844 bits per heavy atom.